The number of fused-ring (bicyclic) bond motifs is 1. The van der Waals surface area contributed by atoms with Gasteiger partial charge in [0.1, 0.15) is 5.82 Å². The average Bonchev–Trinajstić information content (AvgIpc) is 3.06. The van der Waals surface area contributed by atoms with Crippen molar-refractivity contribution in [2.75, 3.05) is 5.32 Å². The second-order valence-corrected chi connectivity index (χ2v) is 7.36. The van der Waals surface area contributed by atoms with E-state index in [2.05, 4.69) is 45.4 Å². The Kier molecular flexibility index (Phi) is 5.38. The molecule has 2 N–H and O–H groups in total. The van der Waals surface area contributed by atoms with E-state index in [0.717, 1.165) is 35.3 Å². The van der Waals surface area contributed by atoms with Gasteiger partial charge in [0.15, 0.2) is 0 Å². The van der Waals surface area contributed by atoms with Crippen molar-refractivity contribution in [1.82, 2.24) is 15.0 Å². The van der Waals surface area contributed by atoms with Crippen LogP contribution in [0.3, 0.4) is 0 Å². The van der Waals surface area contributed by atoms with Crippen LogP contribution in [0.2, 0.25) is 0 Å². The Hall–Kier alpha value is -3.47. The molecular weight excluding hydrogens is 360 g/mol. The Labute approximate surface area is 170 Å². The number of rotatable bonds is 6. The van der Waals surface area contributed by atoms with Crippen LogP contribution < -0.4 is 5.32 Å². The van der Waals surface area contributed by atoms with Gasteiger partial charge in [-0.1, -0.05) is 17.7 Å². The largest absolute Gasteiger partial charge is 0.353 e. The molecule has 29 heavy (non-hydrogen) atoms. The summed E-state index contributed by atoms with van der Waals surface area (Å²) in [6.07, 6.45) is 5.49. The van der Waals surface area contributed by atoms with E-state index < -0.39 is 0 Å². The molecule has 5 heteroatoms. The van der Waals surface area contributed by atoms with Crippen LogP contribution in [-0.4, -0.2) is 20.9 Å². The van der Waals surface area contributed by atoms with Gasteiger partial charge in [0, 0.05) is 29.7 Å². The number of carbonyl (C=O) groups is 1. The van der Waals surface area contributed by atoms with Gasteiger partial charge < -0.3 is 10.3 Å². The van der Waals surface area contributed by atoms with E-state index in [9.17, 15) is 4.79 Å². The van der Waals surface area contributed by atoms with E-state index >= 15 is 0 Å². The summed E-state index contributed by atoms with van der Waals surface area (Å²) in [4.78, 5) is 24.6. The zero-order valence-corrected chi connectivity index (χ0v) is 16.7. The van der Waals surface area contributed by atoms with Crippen LogP contribution in [0.15, 0.2) is 60.9 Å². The van der Waals surface area contributed by atoms with Gasteiger partial charge >= 0.3 is 0 Å². The highest BCUT2D eigenvalue weighted by atomic mass is 16.1. The van der Waals surface area contributed by atoms with Crippen LogP contribution in [0.25, 0.3) is 22.3 Å². The lowest BCUT2D eigenvalue weighted by atomic mass is 10.0. The van der Waals surface area contributed by atoms with E-state index in [1.807, 2.05) is 37.3 Å². The number of aryl methyl sites for hydroxylation is 3. The lowest BCUT2D eigenvalue weighted by Crippen LogP contribution is -2.12. The molecule has 1 amide bonds. The van der Waals surface area contributed by atoms with Crippen molar-refractivity contribution in [1.29, 1.82) is 0 Å². The molecule has 1 aromatic carbocycles. The standard InChI is InChI=1S/C24H24N4O/c1-16-9-10-20-19(14-16)18(24(27-20)21-7-3-4-12-25-21)6-5-8-23(29)28-22-15-17(2)11-13-26-22/h3-4,7,9-15,27H,5-6,8H2,1-2H3,(H,26,28,29). The van der Waals surface area contributed by atoms with Crippen LogP contribution in [0.1, 0.15) is 29.5 Å². The van der Waals surface area contributed by atoms with Gasteiger partial charge in [-0.05, 0) is 74.2 Å². The van der Waals surface area contributed by atoms with E-state index in [-0.39, 0.29) is 5.91 Å². The van der Waals surface area contributed by atoms with Gasteiger partial charge in [-0.15, -0.1) is 0 Å². The second kappa shape index (κ2) is 8.27. The highest BCUT2D eigenvalue weighted by Crippen LogP contribution is 2.31. The third kappa shape index (κ3) is 4.35. The van der Waals surface area contributed by atoms with E-state index in [1.165, 1.54) is 16.5 Å². The predicted octanol–water partition coefficient (Wildman–Crippen LogP) is 5.20. The fourth-order valence-corrected chi connectivity index (χ4v) is 3.59. The average molecular weight is 384 g/mol. The van der Waals surface area contributed by atoms with Crippen molar-refractivity contribution in [3.05, 3.63) is 77.6 Å². The minimum absolute atomic E-state index is 0.0153. The van der Waals surface area contributed by atoms with Gasteiger partial charge in [0.25, 0.3) is 0 Å². The lowest BCUT2D eigenvalue weighted by Gasteiger charge is -2.07. The van der Waals surface area contributed by atoms with Crippen LogP contribution in [0, 0.1) is 13.8 Å². The molecule has 4 rings (SSSR count). The Morgan fingerprint density at radius 3 is 2.66 bits per heavy atom. The maximum absolute atomic E-state index is 12.4. The molecule has 0 saturated carbocycles. The molecule has 5 nitrogen and oxygen atoms in total. The highest BCUT2D eigenvalue weighted by Gasteiger charge is 2.15. The first kappa shape index (κ1) is 18.9. The molecule has 0 aliphatic carbocycles. The summed E-state index contributed by atoms with van der Waals surface area (Å²) in [6.45, 7) is 4.08. The molecule has 0 spiro atoms. The first-order valence-electron chi connectivity index (χ1n) is 9.85. The minimum atomic E-state index is -0.0153. The summed E-state index contributed by atoms with van der Waals surface area (Å²) in [5.74, 6) is 0.588. The van der Waals surface area contributed by atoms with Gasteiger partial charge in [0.2, 0.25) is 5.91 Å². The number of anilines is 1. The van der Waals surface area contributed by atoms with Crippen LogP contribution in [0.4, 0.5) is 5.82 Å². The fraction of sp³-hybridized carbons (Fsp3) is 0.208. The zero-order chi connectivity index (χ0) is 20.2. The number of carbonyl (C=O) groups excluding carboxylic acids is 1. The number of pyridine rings is 2. The van der Waals surface area contributed by atoms with Crippen molar-refractivity contribution in [3.8, 4) is 11.4 Å². The zero-order valence-electron chi connectivity index (χ0n) is 16.7. The normalized spacial score (nSPS) is 11.0. The maximum Gasteiger partial charge on any atom is 0.225 e. The Bertz CT molecular complexity index is 1150. The Morgan fingerprint density at radius 2 is 1.86 bits per heavy atom. The van der Waals surface area contributed by atoms with Crippen LogP contribution in [-0.2, 0) is 11.2 Å². The molecule has 146 valence electrons. The van der Waals surface area contributed by atoms with Gasteiger partial charge in [-0.3, -0.25) is 9.78 Å². The lowest BCUT2D eigenvalue weighted by molar-refractivity contribution is -0.116. The molecule has 3 heterocycles. The second-order valence-electron chi connectivity index (χ2n) is 7.36. The van der Waals surface area contributed by atoms with Gasteiger partial charge in [0.05, 0.1) is 11.4 Å². The monoisotopic (exact) mass is 384 g/mol. The van der Waals surface area contributed by atoms with Crippen molar-refractivity contribution in [2.45, 2.75) is 33.1 Å². The Morgan fingerprint density at radius 1 is 1.00 bits per heavy atom. The topological polar surface area (TPSA) is 70.7 Å². The molecule has 3 aromatic heterocycles. The molecule has 0 radical (unpaired) electrons. The molecule has 0 fully saturated rings. The molecule has 0 aliphatic heterocycles. The van der Waals surface area contributed by atoms with E-state index in [0.29, 0.717) is 12.2 Å². The number of nitrogens with one attached hydrogen (secondary N) is 2. The summed E-state index contributed by atoms with van der Waals surface area (Å²) in [5, 5.41) is 4.09. The number of hydrogen-bond acceptors (Lipinski definition) is 3. The quantitative estimate of drug-likeness (QED) is 0.480. The predicted molar refractivity (Wildman–Crippen MR) is 117 cm³/mol. The first-order chi connectivity index (χ1) is 14.1. The maximum atomic E-state index is 12.4. The van der Waals surface area contributed by atoms with Crippen molar-refractivity contribution in [3.63, 3.8) is 0 Å². The van der Waals surface area contributed by atoms with E-state index in [1.54, 1.807) is 12.4 Å². The summed E-state index contributed by atoms with van der Waals surface area (Å²) in [7, 11) is 0. The fourth-order valence-electron chi connectivity index (χ4n) is 3.59. The number of aromatic nitrogens is 3. The number of aromatic amines is 1. The molecule has 0 bridgehead atoms. The minimum Gasteiger partial charge on any atom is -0.353 e. The number of benzene rings is 1. The number of hydrogen-bond donors (Lipinski definition) is 2. The smallest absolute Gasteiger partial charge is 0.225 e. The number of H-pyrrole nitrogens is 1. The molecule has 0 atom stereocenters. The number of amides is 1. The third-order valence-corrected chi connectivity index (χ3v) is 5.00. The highest BCUT2D eigenvalue weighted by molar-refractivity contribution is 5.91. The molecular formula is C24H24N4O. The SMILES string of the molecule is Cc1ccnc(NC(=O)CCCc2c(-c3ccccn3)[nH]c3ccc(C)cc23)c1. The van der Waals surface area contributed by atoms with Crippen molar-refractivity contribution < 1.29 is 4.79 Å². The van der Waals surface area contributed by atoms with Crippen LogP contribution >= 0.6 is 0 Å². The third-order valence-electron chi connectivity index (χ3n) is 5.00. The molecule has 0 saturated heterocycles. The van der Waals surface area contributed by atoms with Gasteiger partial charge in [-0.25, -0.2) is 4.98 Å². The van der Waals surface area contributed by atoms with Crippen LogP contribution in [0.5, 0.6) is 0 Å². The first-order valence-corrected chi connectivity index (χ1v) is 9.85. The summed E-state index contributed by atoms with van der Waals surface area (Å²) >= 11 is 0. The van der Waals surface area contributed by atoms with Crippen molar-refractivity contribution in [2.24, 2.45) is 0 Å². The molecule has 4 aromatic rings. The molecule has 0 aliphatic rings. The Balaban J connectivity index is 1.52. The van der Waals surface area contributed by atoms with E-state index in [4.69, 9.17) is 0 Å². The summed E-state index contributed by atoms with van der Waals surface area (Å²) in [5.41, 5.74) is 6.55. The number of nitrogens with zero attached hydrogens (tertiary/aromatic N) is 2. The summed E-state index contributed by atoms with van der Waals surface area (Å²) < 4.78 is 0. The summed E-state index contributed by atoms with van der Waals surface area (Å²) in [6, 6.07) is 16.1. The van der Waals surface area contributed by atoms with Crippen molar-refractivity contribution >= 4 is 22.6 Å². The molecule has 0 unspecified atom stereocenters. The van der Waals surface area contributed by atoms with Gasteiger partial charge in [-0.2, -0.15) is 0 Å².